The first-order valence-corrected chi connectivity index (χ1v) is 9.75. The zero-order valence-corrected chi connectivity index (χ0v) is 15.6. The van der Waals surface area contributed by atoms with Gasteiger partial charge >= 0.3 is 0 Å². The summed E-state index contributed by atoms with van der Waals surface area (Å²) in [5, 5.41) is 5.61. The van der Waals surface area contributed by atoms with Crippen LogP contribution < -0.4 is 5.32 Å². The summed E-state index contributed by atoms with van der Waals surface area (Å²) in [5.41, 5.74) is 5.61. The Bertz CT molecular complexity index is 1100. The third-order valence-corrected chi connectivity index (χ3v) is 5.66. The molecule has 0 radical (unpaired) electrons. The van der Waals surface area contributed by atoms with E-state index >= 15 is 0 Å². The zero-order valence-electron chi connectivity index (χ0n) is 15.6. The normalized spacial score (nSPS) is 12.5. The molecule has 1 N–H and O–H groups in total. The summed E-state index contributed by atoms with van der Waals surface area (Å²) in [7, 11) is 0. The van der Waals surface area contributed by atoms with Crippen molar-refractivity contribution in [3.63, 3.8) is 0 Å². The van der Waals surface area contributed by atoms with E-state index in [1.165, 1.54) is 16.5 Å². The molecule has 0 heterocycles. The van der Waals surface area contributed by atoms with Crippen LogP contribution in [0.3, 0.4) is 0 Å². The summed E-state index contributed by atoms with van der Waals surface area (Å²) in [5.74, 6) is -0.0340. The van der Waals surface area contributed by atoms with Gasteiger partial charge in [0.15, 0.2) is 0 Å². The second kappa shape index (κ2) is 6.97. The second-order valence-electron chi connectivity index (χ2n) is 7.34. The van der Waals surface area contributed by atoms with E-state index in [1.54, 1.807) is 0 Å². The molecule has 136 valence electrons. The fourth-order valence-electron chi connectivity index (χ4n) is 4.30. The lowest BCUT2D eigenvalue weighted by atomic mass is 9.96. The molecule has 0 spiro atoms. The predicted molar refractivity (Wildman–Crippen MR) is 114 cm³/mol. The van der Waals surface area contributed by atoms with Crippen LogP contribution in [0.5, 0.6) is 0 Å². The molecule has 4 aromatic rings. The zero-order chi connectivity index (χ0) is 18.9. The van der Waals surface area contributed by atoms with Gasteiger partial charge < -0.3 is 5.32 Å². The van der Waals surface area contributed by atoms with E-state index < -0.39 is 0 Å². The number of carbonyl (C=O) groups excluding carboxylic acids is 1. The lowest BCUT2D eigenvalue weighted by Gasteiger charge is -2.20. The van der Waals surface area contributed by atoms with Gasteiger partial charge in [-0.05, 0) is 51.9 Å². The van der Waals surface area contributed by atoms with Gasteiger partial charge in [-0.15, -0.1) is 0 Å². The minimum Gasteiger partial charge on any atom is -0.341 e. The largest absolute Gasteiger partial charge is 0.341 e. The first-order chi connectivity index (χ1) is 13.8. The molecule has 0 aromatic heterocycles. The number of amides is 1. The van der Waals surface area contributed by atoms with Crippen molar-refractivity contribution in [1.29, 1.82) is 0 Å². The third kappa shape index (κ3) is 2.87. The van der Waals surface area contributed by atoms with E-state index in [0.717, 1.165) is 34.9 Å². The van der Waals surface area contributed by atoms with E-state index in [1.807, 2.05) is 42.5 Å². The molecule has 0 unspecified atom stereocenters. The highest BCUT2D eigenvalue weighted by Gasteiger charge is 2.22. The Morgan fingerprint density at radius 2 is 1.29 bits per heavy atom. The number of rotatable bonds is 4. The van der Waals surface area contributed by atoms with Crippen LogP contribution in [-0.4, -0.2) is 5.91 Å². The topological polar surface area (TPSA) is 29.1 Å². The van der Waals surface area contributed by atoms with Crippen molar-refractivity contribution in [2.75, 3.05) is 0 Å². The molecule has 1 aliphatic carbocycles. The molecular weight excluding hydrogens is 342 g/mol. The van der Waals surface area contributed by atoms with E-state index in [-0.39, 0.29) is 11.9 Å². The SMILES string of the molecule is O=C(NC(c1ccccc1)c1ccccc1)c1ccc2c3c(cccc13)CC2. The highest BCUT2D eigenvalue weighted by atomic mass is 16.1. The quantitative estimate of drug-likeness (QED) is 0.513. The number of aryl methyl sites for hydroxylation is 2. The molecule has 1 aliphatic rings. The van der Waals surface area contributed by atoms with Crippen LogP contribution in [0.2, 0.25) is 0 Å². The Hall–Kier alpha value is -3.39. The van der Waals surface area contributed by atoms with Crippen molar-refractivity contribution < 1.29 is 4.79 Å². The van der Waals surface area contributed by atoms with Gasteiger partial charge in [0, 0.05) is 5.56 Å². The highest BCUT2D eigenvalue weighted by Crippen LogP contribution is 2.33. The van der Waals surface area contributed by atoms with Crippen LogP contribution in [-0.2, 0) is 12.8 Å². The minimum atomic E-state index is -0.182. The van der Waals surface area contributed by atoms with Crippen LogP contribution >= 0.6 is 0 Å². The molecule has 0 saturated carbocycles. The summed E-state index contributed by atoms with van der Waals surface area (Å²) in [6.07, 6.45) is 2.13. The number of hydrogen-bond donors (Lipinski definition) is 1. The van der Waals surface area contributed by atoms with Gasteiger partial charge in [-0.2, -0.15) is 0 Å². The van der Waals surface area contributed by atoms with Crippen LogP contribution in [0.25, 0.3) is 10.8 Å². The Balaban J connectivity index is 1.56. The summed E-state index contributed by atoms with van der Waals surface area (Å²) in [6, 6.07) is 30.5. The van der Waals surface area contributed by atoms with Crippen LogP contribution in [0, 0.1) is 0 Å². The molecule has 2 nitrogen and oxygen atoms in total. The highest BCUT2D eigenvalue weighted by molar-refractivity contribution is 6.09. The number of hydrogen-bond acceptors (Lipinski definition) is 1. The van der Waals surface area contributed by atoms with Crippen molar-refractivity contribution in [2.45, 2.75) is 18.9 Å². The predicted octanol–water partition coefficient (Wildman–Crippen LogP) is 5.46. The lowest BCUT2D eigenvalue weighted by Crippen LogP contribution is -2.29. The molecule has 4 aromatic carbocycles. The summed E-state index contributed by atoms with van der Waals surface area (Å²) in [4.78, 5) is 13.3. The average Bonchev–Trinajstić information content (AvgIpc) is 3.18. The number of nitrogens with one attached hydrogen (secondary N) is 1. The molecular formula is C26H21NO. The smallest absolute Gasteiger partial charge is 0.252 e. The molecule has 0 atom stereocenters. The molecule has 0 aliphatic heterocycles. The average molecular weight is 363 g/mol. The van der Waals surface area contributed by atoms with E-state index in [2.05, 4.69) is 53.8 Å². The lowest BCUT2D eigenvalue weighted by molar-refractivity contribution is 0.0944. The van der Waals surface area contributed by atoms with Crippen molar-refractivity contribution in [3.05, 3.63) is 119 Å². The first kappa shape index (κ1) is 16.8. The number of benzene rings is 4. The van der Waals surface area contributed by atoms with Crippen molar-refractivity contribution in [3.8, 4) is 0 Å². The van der Waals surface area contributed by atoms with Crippen molar-refractivity contribution >= 4 is 16.7 Å². The molecule has 2 heteroatoms. The molecule has 0 fully saturated rings. The van der Waals surface area contributed by atoms with E-state index in [4.69, 9.17) is 0 Å². The Kier molecular flexibility index (Phi) is 4.17. The maximum atomic E-state index is 13.3. The summed E-state index contributed by atoms with van der Waals surface area (Å²) in [6.45, 7) is 0. The van der Waals surface area contributed by atoms with Crippen LogP contribution in [0.15, 0.2) is 91.0 Å². The van der Waals surface area contributed by atoms with E-state index in [9.17, 15) is 4.79 Å². The van der Waals surface area contributed by atoms with Gasteiger partial charge in [0.25, 0.3) is 5.91 Å². The van der Waals surface area contributed by atoms with Gasteiger partial charge in [0.1, 0.15) is 0 Å². The third-order valence-electron chi connectivity index (χ3n) is 5.66. The number of carbonyl (C=O) groups is 1. The Morgan fingerprint density at radius 1 is 0.679 bits per heavy atom. The molecule has 1 amide bonds. The maximum Gasteiger partial charge on any atom is 0.252 e. The monoisotopic (exact) mass is 363 g/mol. The Morgan fingerprint density at radius 3 is 1.93 bits per heavy atom. The summed E-state index contributed by atoms with van der Waals surface area (Å²) < 4.78 is 0. The second-order valence-corrected chi connectivity index (χ2v) is 7.34. The van der Waals surface area contributed by atoms with Gasteiger partial charge in [-0.1, -0.05) is 84.9 Å². The van der Waals surface area contributed by atoms with Crippen LogP contribution in [0.4, 0.5) is 0 Å². The van der Waals surface area contributed by atoms with Gasteiger partial charge in [-0.25, -0.2) is 0 Å². The van der Waals surface area contributed by atoms with E-state index in [0.29, 0.717) is 0 Å². The van der Waals surface area contributed by atoms with Crippen LogP contribution in [0.1, 0.15) is 38.7 Å². The van der Waals surface area contributed by atoms with Gasteiger partial charge in [0.05, 0.1) is 6.04 Å². The standard InChI is InChI=1S/C26H21NO/c28-26(23-17-16-19-15-14-18-12-7-13-22(23)24(18)19)27-25(20-8-3-1-4-9-20)21-10-5-2-6-11-21/h1-13,16-17,25H,14-15H2,(H,27,28). The van der Waals surface area contributed by atoms with Gasteiger partial charge in [-0.3, -0.25) is 4.79 Å². The molecule has 5 rings (SSSR count). The molecule has 28 heavy (non-hydrogen) atoms. The summed E-state index contributed by atoms with van der Waals surface area (Å²) >= 11 is 0. The fourth-order valence-corrected chi connectivity index (χ4v) is 4.30. The van der Waals surface area contributed by atoms with Crippen molar-refractivity contribution in [2.24, 2.45) is 0 Å². The Labute approximate surface area is 164 Å². The molecule has 0 saturated heterocycles. The maximum absolute atomic E-state index is 13.3. The van der Waals surface area contributed by atoms with Crippen molar-refractivity contribution in [1.82, 2.24) is 5.32 Å². The fraction of sp³-hybridized carbons (Fsp3) is 0.115. The minimum absolute atomic E-state index is 0.0340. The first-order valence-electron chi connectivity index (χ1n) is 9.75. The molecule has 0 bridgehead atoms. The van der Waals surface area contributed by atoms with Gasteiger partial charge in [0.2, 0.25) is 0 Å².